The first-order chi connectivity index (χ1) is 9.10. The van der Waals surface area contributed by atoms with Gasteiger partial charge in [0.2, 0.25) is 0 Å². The van der Waals surface area contributed by atoms with Crippen LogP contribution >= 0.6 is 34.8 Å². The molecule has 0 bridgehead atoms. The summed E-state index contributed by atoms with van der Waals surface area (Å²) < 4.78 is 5.72. The standard InChI is InChI=1S/C14H12Cl3NO/c15-11-1-3-13(17)10(6-11)8-19-14-4-2-12(16)5-9(14)7-18/h1-6H,7-8,18H2. The molecule has 0 aliphatic rings. The minimum atomic E-state index is 0.327. The van der Waals surface area contributed by atoms with E-state index in [4.69, 9.17) is 45.3 Å². The van der Waals surface area contributed by atoms with Crippen LogP contribution in [0.3, 0.4) is 0 Å². The molecule has 0 amide bonds. The van der Waals surface area contributed by atoms with Crippen LogP contribution in [0.2, 0.25) is 15.1 Å². The molecule has 0 unspecified atom stereocenters. The van der Waals surface area contributed by atoms with E-state index in [9.17, 15) is 0 Å². The number of rotatable bonds is 4. The molecule has 2 N–H and O–H groups in total. The SMILES string of the molecule is NCc1cc(Cl)ccc1OCc1cc(Cl)ccc1Cl. The van der Waals surface area contributed by atoms with Gasteiger partial charge in [0.1, 0.15) is 12.4 Å². The predicted molar refractivity (Wildman–Crippen MR) is 80.1 cm³/mol. The van der Waals surface area contributed by atoms with Crippen molar-refractivity contribution in [3.8, 4) is 5.75 Å². The van der Waals surface area contributed by atoms with Crippen LogP contribution in [0.15, 0.2) is 36.4 Å². The second-order valence-electron chi connectivity index (χ2n) is 3.98. The third kappa shape index (κ3) is 3.77. The molecule has 0 atom stereocenters. The lowest BCUT2D eigenvalue weighted by atomic mass is 10.2. The summed E-state index contributed by atoms with van der Waals surface area (Å²) in [5.41, 5.74) is 7.34. The Kier molecular flexibility index (Phi) is 4.94. The molecule has 0 aliphatic carbocycles. The van der Waals surface area contributed by atoms with E-state index in [2.05, 4.69) is 0 Å². The van der Waals surface area contributed by atoms with Crippen molar-refractivity contribution < 1.29 is 4.74 Å². The van der Waals surface area contributed by atoms with Crippen molar-refractivity contribution in [2.75, 3.05) is 0 Å². The van der Waals surface area contributed by atoms with Crippen LogP contribution in [0.1, 0.15) is 11.1 Å². The maximum Gasteiger partial charge on any atom is 0.124 e. The van der Waals surface area contributed by atoms with E-state index in [-0.39, 0.29) is 0 Å². The topological polar surface area (TPSA) is 35.2 Å². The Bertz CT molecular complexity index is 587. The lowest BCUT2D eigenvalue weighted by molar-refractivity contribution is 0.303. The van der Waals surface area contributed by atoms with Crippen LogP contribution < -0.4 is 10.5 Å². The van der Waals surface area contributed by atoms with Gasteiger partial charge in [-0.25, -0.2) is 0 Å². The molecule has 2 rings (SSSR count). The monoisotopic (exact) mass is 315 g/mol. The molecule has 0 radical (unpaired) electrons. The molecule has 5 heteroatoms. The van der Waals surface area contributed by atoms with Crippen molar-refractivity contribution in [2.24, 2.45) is 5.73 Å². The highest BCUT2D eigenvalue weighted by atomic mass is 35.5. The summed E-state index contributed by atoms with van der Waals surface area (Å²) in [7, 11) is 0. The van der Waals surface area contributed by atoms with Crippen LogP contribution in [-0.4, -0.2) is 0 Å². The first-order valence-corrected chi connectivity index (χ1v) is 6.79. The molecule has 0 aromatic heterocycles. The highest BCUT2D eigenvalue weighted by molar-refractivity contribution is 6.33. The summed E-state index contributed by atoms with van der Waals surface area (Å²) >= 11 is 17.9. The van der Waals surface area contributed by atoms with Crippen LogP contribution in [0.4, 0.5) is 0 Å². The molecule has 0 spiro atoms. The Morgan fingerprint density at radius 3 is 2.21 bits per heavy atom. The molecule has 0 saturated carbocycles. The molecule has 0 aliphatic heterocycles. The fraction of sp³-hybridized carbons (Fsp3) is 0.143. The molecule has 0 heterocycles. The second kappa shape index (κ2) is 6.49. The molecular formula is C14H12Cl3NO. The van der Waals surface area contributed by atoms with E-state index in [0.29, 0.717) is 34.0 Å². The highest BCUT2D eigenvalue weighted by Crippen LogP contribution is 2.26. The number of ether oxygens (including phenoxy) is 1. The molecule has 0 fully saturated rings. The zero-order chi connectivity index (χ0) is 13.8. The minimum Gasteiger partial charge on any atom is -0.489 e. The van der Waals surface area contributed by atoms with E-state index in [1.54, 1.807) is 36.4 Å². The maximum atomic E-state index is 6.08. The lowest BCUT2D eigenvalue weighted by Crippen LogP contribution is -2.03. The van der Waals surface area contributed by atoms with Gasteiger partial charge in [-0.3, -0.25) is 0 Å². The molecular weight excluding hydrogens is 305 g/mol. The van der Waals surface area contributed by atoms with Gasteiger partial charge in [-0.15, -0.1) is 0 Å². The van der Waals surface area contributed by atoms with Gasteiger partial charge in [-0.05, 0) is 36.4 Å². The number of hydrogen-bond donors (Lipinski definition) is 1. The highest BCUT2D eigenvalue weighted by Gasteiger charge is 2.06. The number of nitrogens with two attached hydrogens (primary N) is 1. The Hall–Kier alpha value is -0.930. The summed E-state index contributed by atoms with van der Waals surface area (Å²) in [6.45, 7) is 0.688. The fourth-order valence-corrected chi connectivity index (χ4v) is 2.22. The van der Waals surface area contributed by atoms with Crippen molar-refractivity contribution in [3.05, 3.63) is 62.6 Å². The minimum absolute atomic E-state index is 0.327. The fourth-order valence-electron chi connectivity index (χ4n) is 1.66. The van der Waals surface area contributed by atoms with Gasteiger partial charge >= 0.3 is 0 Å². The van der Waals surface area contributed by atoms with Gasteiger partial charge in [0.15, 0.2) is 0 Å². The quantitative estimate of drug-likeness (QED) is 0.888. The zero-order valence-corrected chi connectivity index (χ0v) is 12.3. The zero-order valence-electron chi connectivity index (χ0n) is 10.00. The first kappa shape index (κ1) is 14.5. The largest absolute Gasteiger partial charge is 0.489 e. The molecule has 2 aromatic rings. The average molecular weight is 317 g/mol. The summed E-state index contributed by atoms with van der Waals surface area (Å²) in [4.78, 5) is 0. The number of benzene rings is 2. The third-order valence-corrected chi connectivity index (χ3v) is 3.47. The predicted octanol–water partition coefficient (Wildman–Crippen LogP) is 4.68. The van der Waals surface area contributed by atoms with Gasteiger partial charge in [0.25, 0.3) is 0 Å². The van der Waals surface area contributed by atoms with E-state index in [0.717, 1.165) is 11.1 Å². The van der Waals surface area contributed by atoms with Crippen LogP contribution in [-0.2, 0) is 13.2 Å². The van der Waals surface area contributed by atoms with Crippen LogP contribution in [0.5, 0.6) is 5.75 Å². The average Bonchev–Trinajstić information content (AvgIpc) is 2.40. The summed E-state index contributed by atoms with van der Waals surface area (Å²) in [5.74, 6) is 0.697. The molecule has 2 nitrogen and oxygen atoms in total. The van der Waals surface area contributed by atoms with Crippen LogP contribution in [0, 0.1) is 0 Å². The second-order valence-corrected chi connectivity index (χ2v) is 5.26. The Morgan fingerprint density at radius 2 is 1.53 bits per heavy atom. The van der Waals surface area contributed by atoms with Crippen molar-refractivity contribution >= 4 is 34.8 Å². The number of hydrogen-bond acceptors (Lipinski definition) is 2. The lowest BCUT2D eigenvalue weighted by Gasteiger charge is -2.12. The van der Waals surface area contributed by atoms with Crippen LogP contribution in [0.25, 0.3) is 0 Å². The van der Waals surface area contributed by atoms with Crippen molar-refractivity contribution in [1.29, 1.82) is 0 Å². The molecule has 100 valence electrons. The third-order valence-electron chi connectivity index (χ3n) is 2.63. The van der Waals surface area contributed by atoms with Gasteiger partial charge in [0, 0.05) is 32.7 Å². The van der Waals surface area contributed by atoms with Gasteiger partial charge < -0.3 is 10.5 Å². The number of halogens is 3. The van der Waals surface area contributed by atoms with Gasteiger partial charge in [-0.2, -0.15) is 0 Å². The Labute approximate surface area is 127 Å². The van der Waals surface area contributed by atoms with E-state index in [1.807, 2.05) is 0 Å². The van der Waals surface area contributed by atoms with E-state index < -0.39 is 0 Å². The van der Waals surface area contributed by atoms with Gasteiger partial charge in [-0.1, -0.05) is 34.8 Å². The summed E-state index contributed by atoms with van der Waals surface area (Å²) in [6, 6.07) is 10.6. The Balaban J connectivity index is 2.16. The molecule has 0 saturated heterocycles. The smallest absolute Gasteiger partial charge is 0.124 e. The van der Waals surface area contributed by atoms with E-state index in [1.165, 1.54) is 0 Å². The normalized spacial score (nSPS) is 10.5. The first-order valence-electron chi connectivity index (χ1n) is 5.65. The summed E-state index contributed by atoms with van der Waals surface area (Å²) in [6.07, 6.45) is 0. The van der Waals surface area contributed by atoms with Crippen molar-refractivity contribution in [3.63, 3.8) is 0 Å². The summed E-state index contributed by atoms with van der Waals surface area (Å²) in [5, 5.41) is 1.87. The maximum absolute atomic E-state index is 6.08. The Morgan fingerprint density at radius 1 is 0.895 bits per heavy atom. The van der Waals surface area contributed by atoms with Crippen molar-refractivity contribution in [2.45, 2.75) is 13.2 Å². The van der Waals surface area contributed by atoms with Crippen molar-refractivity contribution in [1.82, 2.24) is 0 Å². The van der Waals surface area contributed by atoms with Gasteiger partial charge in [0.05, 0.1) is 0 Å². The van der Waals surface area contributed by atoms with E-state index >= 15 is 0 Å². The molecule has 19 heavy (non-hydrogen) atoms. The molecule has 2 aromatic carbocycles.